The van der Waals surface area contributed by atoms with E-state index in [1.54, 1.807) is 19.2 Å². The van der Waals surface area contributed by atoms with Gasteiger partial charge < -0.3 is 18.9 Å². The molecule has 0 unspecified atom stereocenters. The van der Waals surface area contributed by atoms with E-state index >= 15 is 0 Å². The van der Waals surface area contributed by atoms with Crippen LogP contribution in [0.2, 0.25) is 0 Å². The van der Waals surface area contributed by atoms with Gasteiger partial charge in [-0.15, -0.1) is 0 Å². The van der Waals surface area contributed by atoms with Gasteiger partial charge in [0.1, 0.15) is 11.5 Å². The smallest absolute Gasteiger partial charge is 0.308 e. The third kappa shape index (κ3) is 3.06. The highest BCUT2D eigenvalue weighted by molar-refractivity contribution is 5.71. The summed E-state index contributed by atoms with van der Waals surface area (Å²) in [5, 5.41) is 0. The number of fused-ring (bicyclic) bond motifs is 1. The molecule has 1 aliphatic rings. The third-order valence-electron chi connectivity index (χ3n) is 3.51. The number of carbonyl (C=O) groups excluding carboxylic acids is 2. The second-order valence-corrected chi connectivity index (χ2v) is 5.20. The number of carbonyl (C=O) groups is 2. The fourth-order valence-electron chi connectivity index (χ4n) is 2.76. The summed E-state index contributed by atoms with van der Waals surface area (Å²) in [6, 6.07) is 3.35. The van der Waals surface area contributed by atoms with Gasteiger partial charge in [0.15, 0.2) is 6.10 Å². The predicted octanol–water partition coefficient (Wildman–Crippen LogP) is 2.70. The van der Waals surface area contributed by atoms with Crippen molar-refractivity contribution in [3.8, 4) is 11.5 Å². The Morgan fingerprint density at radius 3 is 2.23 bits per heavy atom. The molecule has 6 heteroatoms. The first-order chi connectivity index (χ1) is 10.3. The Morgan fingerprint density at radius 2 is 1.68 bits per heavy atom. The van der Waals surface area contributed by atoms with Crippen molar-refractivity contribution in [3.05, 3.63) is 23.3 Å². The molecule has 0 saturated carbocycles. The number of ether oxygens (including phenoxy) is 4. The van der Waals surface area contributed by atoms with E-state index in [1.807, 2.05) is 13.8 Å². The summed E-state index contributed by atoms with van der Waals surface area (Å²) >= 11 is 0. The van der Waals surface area contributed by atoms with Crippen LogP contribution in [-0.4, -0.2) is 25.2 Å². The zero-order valence-electron chi connectivity index (χ0n) is 13.3. The third-order valence-corrected chi connectivity index (χ3v) is 3.51. The summed E-state index contributed by atoms with van der Waals surface area (Å²) < 4.78 is 21.9. The van der Waals surface area contributed by atoms with Crippen molar-refractivity contribution in [2.75, 3.05) is 7.11 Å². The van der Waals surface area contributed by atoms with Crippen molar-refractivity contribution in [1.82, 2.24) is 0 Å². The highest BCUT2D eigenvalue weighted by Gasteiger charge is 2.38. The van der Waals surface area contributed by atoms with E-state index < -0.39 is 18.0 Å². The van der Waals surface area contributed by atoms with Crippen LogP contribution in [0.4, 0.5) is 0 Å². The van der Waals surface area contributed by atoms with E-state index in [0.29, 0.717) is 17.1 Å². The molecule has 0 spiro atoms. The Balaban J connectivity index is 2.64. The SMILES string of the molecule is COc1ccc(OC(C)=O)c2c1[C@@H](C)O[C@@H](C)[C@@H]2OC(C)=O. The summed E-state index contributed by atoms with van der Waals surface area (Å²) in [6.45, 7) is 6.34. The highest BCUT2D eigenvalue weighted by Crippen LogP contribution is 2.47. The largest absolute Gasteiger partial charge is 0.496 e. The van der Waals surface area contributed by atoms with Gasteiger partial charge in [0.25, 0.3) is 0 Å². The van der Waals surface area contributed by atoms with Gasteiger partial charge in [0.05, 0.1) is 19.3 Å². The topological polar surface area (TPSA) is 71.1 Å². The minimum atomic E-state index is -0.659. The Morgan fingerprint density at radius 1 is 1.05 bits per heavy atom. The fraction of sp³-hybridized carbons (Fsp3) is 0.500. The molecule has 1 aromatic carbocycles. The summed E-state index contributed by atoms with van der Waals surface area (Å²) in [5.74, 6) is 0.0808. The van der Waals surface area contributed by atoms with Crippen molar-refractivity contribution in [2.45, 2.75) is 46.0 Å². The van der Waals surface area contributed by atoms with Gasteiger partial charge in [0, 0.05) is 25.0 Å². The van der Waals surface area contributed by atoms with Crippen molar-refractivity contribution in [3.63, 3.8) is 0 Å². The number of esters is 2. The van der Waals surface area contributed by atoms with Gasteiger partial charge in [-0.1, -0.05) is 0 Å². The Labute approximate surface area is 129 Å². The molecule has 6 nitrogen and oxygen atoms in total. The quantitative estimate of drug-likeness (QED) is 0.631. The lowest BCUT2D eigenvalue weighted by atomic mass is 9.91. The minimum absolute atomic E-state index is 0.276. The molecule has 1 aliphatic heterocycles. The molecule has 0 N–H and O–H groups in total. The number of hydrogen-bond donors (Lipinski definition) is 0. The number of methoxy groups -OCH3 is 1. The van der Waals surface area contributed by atoms with Crippen LogP contribution in [0, 0.1) is 0 Å². The molecule has 2 rings (SSSR count). The van der Waals surface area contributed by atoms with E-state index in [1.165, 1.54) is 13.8 Å². The lowest BCUT2D eigenvalue weighted by Gasteiger charge is -2.36. The number of hydrogen-bond acceptors (Lipinski definition) is 6. The zero-order valence-corrected chi connectivity index (χ0v) is 13.3. The first-order valence-corrected chi connectivity index (χ1v) is 7.07. The molecule has 0 radical (unpaired) electrons. The highest BCUT2D eigenvalue weighted by atomic mass is 16.6. The first-order valence-electron chi connectivity index (χ1n) is 7.07. The second kappa shape index (κ2) is 6.36. The average molecular weight is 308 g/mol. The minimum Gasteiger partial charge on any atom is -0.496 e. The van der Waals surface area contributed by atoms with E-state index in [0.717, 1.165) is 5.56 Å². The molecular formula is C16H20O6. The zero-order chi connectivity index (χ0) is 16.4. The van der Waals surface area contributed by atoms with Crippen LogP contribution in [0.5, 0.6) is 11.5 Å². The molecule has 0 saturated heterocycles. The van der Waals surface area contributed by atoms with Crippen molar-refractivity contribution in [1.29, 1.82) is 0 Å². The maximum atomic E-state index is 11.4. The summed E-state index contributed by atoms with van der Waals surface area (Å²) in [7, 11) is 1.55. The number of rotatable bonds is 3. The summed E-state index contributed by atoms with van der Waals surface area (Å²) in [4.78, 5) is 22.8. The van der Waals surface area contributed by atoms with Crippen LogP contribution < -0.4 is 9.47 Å². The van der Waals surface area contributed by atoms with Crippen LogP contribution in [0.1, 0.15) is 51.0 Å². The van der Waals surface area contributed by atoms with Gasteiger partial charge >= 0.3 is 11.9 Å². The van der Waals surface area contributed by atoms with Crippen LogP contribution in [0.25, 0.3) is 0 Å². The molecule has 0 aliphatic carbocycles. The molecule has 0 fully saturated rings. The van der Waals surface area contributed by atoms with E-state index in [2.05, 4.69) is 0 Å². The monoisotopic (exact) mass is 308 g/mol. The molecule has 120 valence electrons. The predicted molar refractivity (Wildman–Crippen MR) is 77.8 cm³/mol. The van der Waals surface area contributed by atoms with E-state index in [4.69, 9.17) is 18.9 Å². The molecule has 0 amide bonds. The maximum absolute atomic E-state index is 11.4. The standard InChI is InChI=1S/C16H20O6/c1-8-14-12(19-5)6-7-13(21-10(3)17)15(14)16(9(2)20-8)22-11(4)18/h6-9,16H,1-5H3/t8-,9+,16+/m1/s1. The average Bonchev–Trinajstić information content (AvgIpc) is 2.42. The summed E-state index contributed by atoms with van der Waals surface area (Å²) in [5.41, 5.74) is 1.35. The molecule has 0 aromatic heterocycles. The van der Waals surface area contributed by atoms with Gasteiger partial charge in [-0.2, -0.15) is 0 Å². The van der Waals surface area contributed by atoms with Crippen molar-refractivity contribution < 1.29 is 28.5 Å². The number of benzene rings is 1. The summed E-state index contributed by atoms with van der Waals surface area (Å²) in [6.07, 6.45) is -1.30. The van der Waals surface area contributed by atoms with Crippen molar-refractivity contribution in [2.24, 2.45) is 0 Å². The molecular weight excluding hydrogens is 288 g/mol. The lowest BCUT2D eigenvalue weighted by molar-refractivity contribution is -0.161. The second-order valence-electron chi connectivity index (χ2n) is 5.20. The normalized spacial score (nSPS) is 23.4. The maximum Gasteiger partial charge on any atom is 0.308 e. The fourth-order valence-corrected chi connectivity index (χ4v) is 2.76. The van der Waals surface area contributed by atoms with Gasteiger partial charge in [-0.25, -0.2) is 0 Å². The van der Waals surface area contributed by atoms with Crippen LogP contribution in [0.3, 0.4) is 0 Å². The van der Waals surface area contributed by atoms with Crippen LogP contribution >= 0.6 is 0 Å². The molecule has 22 heavy (non-hydrogen) atoms. The van der Waals surface area contributed by atoms with Crippen LogP contribution in [0.15, 0.2) is 12.1 Å². The molecule has 1 heterocycles. The molecule has 1 aromatic rings. The first kappa shape index (κ1) is 16.3. The van der Waals surface area contributed by atoms with Gasteiger partial charge in [-0.05, 0) is 26.0 Å². The van der Waals surface area contributed by atoms with Crippen molar-refractivity contribution >= 4 is 11.9 Å². The molecule has 3 atom stereocenters. The Hall–Kier alpha value is -2.08. The van der Waals surface area contributed by atoms with E-state index in [-0.39, 0.29) is 12.2 Å². The van der Waals surface area contributed by atoms with Gasteiger partial charge in [0.2, 0.25) is 0 Å². The van der Waals surface area contributed by atoms with Gasteiger partial charge in [-0.3, -0.25) is 9.59 Å². The lowest BCUT2D eigenvalue weighted by Crippen LogP contribution is -2.31. The molecule has 0 bridgehead atoms. The van der Waals surface area contributed by atoms with E-state index in [9.17, 15) is 9.59 Å². The Bertz CT molecular complexity index is 595. The van der Waals surface area contributed by atoms with Crippen LogP contribution in [-0.2, 0) is 19.1 Å². The Kier molecular flexibility index (Phi) is 4.71.